The Bertz CT molecular complexity index is 1030. The van der Waals surface area contributed by atoms with Gasteiger partial charge < -0.3 is 24.4 Å². The largest absolute Gasteiger partial charge is 0.497 e. The van der Waals surface area contributed by atoms with Gasteiger partial charge in [0.1, 0.15) is 5.75 Å². The summed E-state index contributed by atoms with van der Waals surface area (Å²) in [6, 6.07) is 13.0. The number of anilines is 1. The molecule has 7 nitrogen and oxygen atoms in total. The molecule has 3 aliphatic rings. The summed E-state index contributed by atoms with van der Waals surface area (Å²) >= 11 is 0. The zero-order chi connectivity index (χ0) is 23.5. The predicted molar refractivity (Wildman–Crippen MR) is 128 cm³/mol. The summed E-state index contributed by atoms with van der Waals surface area (Å²) < 4.78 is 16.4. The van der Waals surface area contributed by atoms with Crippen LogP contribution in [0.15, 0.2) is 42.5 Å². The van der Waals surface area contributed by atoms with Gasteiger partial charge in [0.25, 0.3) is 0 Å². The number of methoxy groups -OCH3 is 1. The topological polar surface area (TPSA) is 77.1 Å². The molecule has 2 heterocycles. The third-order valence-electron chi connectivity index (χ3n) is 7.23. The second-order valence-corrected chi connectivity index (χ2v) is 9.36. The highest BCUT2D eigenvalue weighted by Crippen LogP contribution is 2.43. The average Bonchev–Trinajstić information content (AvgIpc) is 3.19. The maximum Gasteiger partial charge on any atom is 0.231 e. The Morgan fingerprint density at radius 2 is 1.71 bits per heavy atom. The Kier molecular flexibility index (Phi) is 6.61. The summed E-state index contributed by atoms with van der Waals surface area (Å²) in [5, 5.41) is 3.33. The summed E-state index contributed by atoms with van der Waals surface area (Å²) in [5.41, 5.74) is 1.62. The van der Waals surface area contributed by atoms with Crippen molar-refractivity contribution in [3.8, 4) is 17.2 Å². The van der Waals surface area contributed by atoms with Crippen LogP contribution in [0.25, 0.3) is 0 Å². The van der Waals surface area contributed by atoms with Crippen molar-refractivity contribution in [3.05, 3.63) is 48.0 Å². The lowest BCUT2D eigenvalue weighted by atomic mass is 9.82. The minimum Gasteiger partial charge on any atom is -0.497 e. The first kappa shape index (κ1) is 22.6. The summed E-state index contributed by atoms with van der Waals surface area (Å²) in [6.45, 7) is 0.168. The number of carbonyl (C=O) groups is 2. The average molecular weight is 465 g/mol. The summed E-state index contributed by atoms with van der Waals surface area (Å²) in [7, 11) is 1.63. The number of hydrogen-bond acceptors (Lipinski definition) is 5. The van der Waals surface area contributed by atoms with Crippen LogP contribution in [0.2, 0.25) is 0 Å². The first-order valence-electron chi connectivity index (χ1n) is 12.3. The third-order valence-corrected chi connectivity index (χ3v) is 7.23. The fourth-order valence-corrected chi connectivity index (χ4v) is 5.42. The predicted octanol–water partition coefficient (Wildman–Crippen LogP) is 4.75. The van der Waals surface area contributed by atoms with Gasteiger partial charge in [-0.15, -0.1) is 0 Å². The van der Waals surface area contributed by atoms with E-state index in [1.54, 1.807) is 12.0 Å². The van der Waals surface area contributed by atoms with Gasteiger partial charge in [-0.05, 0) is 49.1 Å². The van der Waals surface area contributed by atoms with Crippen LogP contribution < -0.4 is 24.4 Å². The zero-order valence-corrected chi connectivity index (χ0v) is 19.6. The molecule has 0 spiro atoms. The molecule has 0 bridgehead atoms. The number of benzene rings is 2. The normalized spacial score (nSPS) is 22.9. The molecular weight excluding hydrogens is 432 g/mol. The fourth-order valence-electron chi connectivity index (χ4n) is 5.42. The molecule has 180 valence electrons. The number of amides is 2. The Labute approximate surface area is 200 Å². The third kappa shape index (κ3) is 4.56. The number of rotatable bonds is 5. The number of nitrogens with zero attached hydrogens (tertiary/aromatic N) is 1. The van der Waals surface area contributed by atoms with E-state index in [9.17, 15) is 9.59 Å². The molecule has 1 aliphatic carbocycles. The summed E-state index contributed by atoms with van der Waals surface area (Å²) in [5.74, 6) is 1.70. The molecule has 0 aromatic heterocycles. The fraction of sp³-hybridized carbons (Fsp3) is 0.481. The molecule has 5 rings (SSSR count). The standard InChI is InChI=1S/C27H32N2O5/c1-32-21-11-8-18(9-12-21)26-22(27(31)28-19-6-4-2-3-5-7-19)13-15-25(30)29(26)20-10-14-23-24(16-20)34-17-33-23/h8-12,14,16,19,22,26H,2-7,13,15,17H2,1H3,(H,28,31). The van der Waals surface area contributed by atoms with Gasteiger partial charge in [0.2, 0.25) is 18.6 Å². The summed E-state index contributed by atoms with van der Waals surface area (Å²) in [4.78, 5) is 28.7. The maximum atomic E-state index is 13.6. The maximum absolute atomic E-state index is 13.6. The lowest BCUT2D eigenvalue weighted by Gasteiger charge is -2.41. The SMILES string of the molecule is COc1ccc(C2C(C(=O)NC3CCCCCC3)CCC(=O)N2c2ccc3c(c2)OCO3)cc1. The Morgan fingerprint density at radius 3 is 2.44 bits per heavy atom. The van der Waals surface area contributed by atoms with E-state index in [0.717, 1.165) is 37.0 Å². The van der Waals surface area contributed by atoms with Gasteiger partial charge in [0.05, 0.1) is 19.1 Å². The molecule has 2 fully saturated rings. The van der Waals surface area contributed by atoms with Crippen LogP contribution in [0.3, 0.4) is 0 Å². The van der Waals surface area contributed by atoms with E-state index in [2.05, 4.69) is 5.32 Å². The highest BCUT2D eigenvalue weighted by molar-refractivity contribution is 5.97. The van der Waals surface area contributed by atoms with Crippen molar-refractivity contribution < 1.29 is 23.8 Å². The van der Waals surface area contributed by atoms with Crippen LogP contribution in [-0.2, 0) is 9.59 Å². The molecule has 2 unspecified atom stereocenters. The minimum absolute atomic E-state index is 0.00167. The number of ether oxygens (including phenoxy) is 3. The number of nitrogens with one attached hydrogen (secondary N) is 1. The van der Waals surface area contributed by atoms with Gasteiger partial charge in [-0.2, -0.15) is 0 Å². The van der Waals surface area contributed by atoms with E-state index in [1.165, 1.54) is 12.8 Å². The van der Waals surface area contributed by atoms with Crippen molar-refractivity contribution >= 4 is 17.5 Å². The molecule has 0 radical (unpaired) electrons. The number of carbonyl (C=O) groups excluding carboxylic acids is 2. The van der Waals surface area contributed by atoms with Gasteiger partial charge in [0.15, 0.2) is 11.5 Å². The van der Waals surface area contributed by atoms with E-state index >= 15 is 0 Å². The van der Waals surface area contributed by atoms with Crippen molar-refractivity contribution in [2.75, 3.05) is 18.8 Å². The van der Waals surface area contributed by atoms with Gasteiger partial charge in [-0.3, -0.25) is 9.59 Å². The van der Waals surface area contributed by atoms with E-state index in [-0.39, 0.29) is 30.6 Å². The van der Waals surface area contributed by atoms with Crippen LogP contribution >= 0.6 is 0 Å². The molecule has 2 aromatic carbocycles. The number of piperidine rings is 1. The molecule has 1 saturated heterocycles. The number of hydrogen-bond donors (Lipinski definition) is 1. The van der Waals surface area contributed by atoms with E-state index in [0.29, 0.717) is 30.0 Å². The monoisotopic (exact) mass is 464 g/mol. The van der Waals surface area contributed by atoms with Crippen LogP contribution in [0.1, 0.15) is 63.0 Å². The van der Waals surface area contributed by atoms with Crippen LogP contribution in [-0.4, -0.2) is 31.8 Å². The van der Waals surface area contributed by atoms with E-state index < -0.39 is 6.04 Å². The Balaban J connectivity index is 1.49. The minimum atomic E-state index is -0.418. The van der Waals surface area contributed by atoms with Crippen molar-refractivity contribution in [2.24, 2.45) is 5.92 Å². The molecule has 2 amide bonds. The zero-order valence-electron chi connectivity index (χ0n) is 19.6. The molecule has 2 aromatic rings. The molecule has 1 N–H and O–H groups in total. The number of fused-ring (bicyclic) bond motifs is 1. The first-order valence-corrected chi connectivity index (χ1v) is 12.3. The van der Waals surface area contributed by atoms with Gasteiger partial charge >= 0.3 is 0 Å². The molecule has 1 saturated carbocycles. The van der Waals surface area contributed by atoms with E-state index in [4.69, 9.17) is 14.2 Å². The summed E-state index contributed by atoms with van der Waals surface area (Å²) in [6.07, 6.45) is 7.66. The Hall–Kier alpha value is -3.22. The van der Waals surface area contributed by atoms with Gasteiger partial charge in [-0.1, -0.05) is 37.8 Å². The lowest BCUT2D eigenvalue weighted by Crippen LogP contribution is -2.50. The highest BCUT2D eigenvalue weighted by Gasteiger charge is 2.42. The van der Waals surface area contributed by atoms with Crippen molar-refractivity contribution in [3.63, 3.8) is 0 Å². The molecule has 34 heavy (non-hydrogen) atoms. The molecular formula is C27H32N2O5. The second kappa shape index (κ2) is 9.95. The molecule has 2 aliphatic heterocycles. The second-order valence-electron chi connectivity index (χ2n) is 9.36. The Morgan fingerprint density at radius 1 is 0.971 bits per heavy atom. The smallest absolute Gasteiger partial charge is 0.231 e. The van der Waals surface area contributed by atoms with Crippen molar-refractivity contribution in [1.29, 1.82) is 0 Å². The molecule has 2 atom stereocenters. The van der Waals surface area contributed by atoms with Crippen LogP contribution in [0.4, 0.5) is 5.69 Å². The van der Waals surface area contributed by atoms with Gasteiger partial charge in [0, 0.05) is 24.2 Å². The van der Waals surface area contributed by atoms with Crippen LogP contribution in [0, 0.1) is 5.92 Å². The van der Waals surface area contributed by atoms with Crippen LogP contribution in [0.5, 0.6) is 17.2 Å². The van der Waals surface area contributed by atoms with Crippen molar-refractivity contribution in [1.82, 2.24) is 5.32 Å². The first-order chi connectivity index (χ1) is 16.6. The highest BCUT2D eigenvalue weighted by atomic mass is 16.7. The van der Waals surface area contributed by atoms with Crippen molar-refractivity contribution in [2.45, 2.75) is 63.5 Å². The molecule has 7 heteroatoms. The lowest BCUT2D eigenvalue weighted by molar-refractivity contribution is -0.130. The quantitative estimate of drug-likeness (QED) is 0.647. The van der Waals surface area contributed by atoms with E-state index in [1.807, 2.05) is 42.5 Å². The van der Waals surface area contributed by atoms with Gasteiger partial charge in [-0.25, -0.2) is 0 Å².